The first-order chi connectivity index (χ1) is 14.3. The highest BCUT2D eigenvalue weighted by atomic mass is 35.5. The summed E-state index contributed by atoms with van der Waals surface area (Å²) in [6.45, 7) is 4.92. The number of hydrogen-bond acceptors (Lipinski definition) is 6. The molecule has 1 fully saturated rings. The Bertz CT molecular complexity index is 1160. The van der Waals surface area contributed by atoms with E-state index in [1.54, 1.807) is 6.07 Å². The number of rotatable bonds is 5. The Labute approximate surface area is 193 Å². The minimum Gasteiger partial charge on any atom is -0.491 e. The Kier molecular flexibility index (Phi) is 7.62. The van der Waals surface area contributed by atoms with E-state index in [9.17, 15) is 0 Å². The third kappa shape index (κ3) is 5.05. The highest BCUT2D eigenvalue weighted by molar-refractivity contribution is 5.90. The number of nitrogens with zero attached hydrogens (tertiary/aromatic N) is 2. The van der Waals surface area contributed by atoms with Gasteiger partial charge in [0.25, 0.3) is 0 Å². The van der Waals surface area contributed by atoms with Crippen LogP contribution in [0.1, 0.15) is 0 Å². The van der Waals surface area contributed by atoms with E-state index in [0.29, 0.717) is 23.8 Å². The second kappa shape index (κ2) is 10.2. The van der Waals surface area contributed by atoms with Gasteiger partial charge in [0, 0.05) is 31.4 Å². The molecule has 5 rings (SSSR count). The molecule has 2 N–H and O–H groups in total. The zero-order valence-electron chi connectivity index (χ0n) is 17.0. The summed E-state index contributed by atoms with van der Waals surface area (Å²) in [6, 6.07) is 17.9. The number of anilines is 1. The molecular weight excluding hydrogens is 437 g/mol. The molecule has 6 nitrogen and oxygen atoms in total. The fourth-order valence-corrected chi connectivity index (χ4v) is 3.67. The molecule has 0 saturated carbocycles. The Balaban J connectivity index is 0.00000136. The Morgan fingerprint density at radius 1 is 0.968 bits per heavy atom. The molecule has 2 heterocycles. The van der Waals surface area contributed by atoms with Gasteiger partial charge in [0.1, 0.15) is 17.9 Å². The zero-order valence-corrected chi connectivity index (χ0v) is 18.6. The summed E-state index contributed by atoms with van der Waals surface area (Å²) in [6.07, 6.45) is 0. The summed E-state index contributed by atoms with van der Waals surface area (Å²) in [5, 5.41) is 2.24. The second-order valence-electron chi connectivity index (χ2n) is 7.24. The molecule has 1 saturated heterocycles. The normalized spacial score (nSPS) is 14.2. The molecule has 8 heteroatoms. The predicted octanol–water partition coefficient (Wildman–Crippen LogP) is 4.78. The Morgan fingerprint density at radius 2 is 1.71 bits per heavy atom. The van der Waals surface area contributed by atoms with Crippen LogP contribution in [0.2, 0.25) is 0 Å². The van der Waals surface area contributed by atoms with Gasteiger partial charge in [-0.2, -0.15) is 0 Å². The van der Waals surface area contributed by atoms with Crippen LogP contribution < -0.4 is 10.5 Å². The van der Waals surface area contributed by atoms with Crippen molar-refractivity contribution in [3.8, 4) is 17.2 Å². The van der Waals surface area contributed by atoms with Crippen molar-refractivity contribution in [3.63, 3.8) is 0 Å². The SMILES string of the molecule is Cl.Cl.Nc1ccc2nc(-c3cc4ccccc4cc3OCCN3CCOCC3)oc2c1. The first-order valence-electron chi connectivity index (χ1n) is 9.88. The van der Waals surface area contributed by atoms with Crippen LogP contribution in [-0.2, 0) is 4.74 Å². The van der Waals surface area contributed by atoms with Crippen molar-refractivity contribution < 1.29 is 13.9 Å². The van der Waals surface area contributed by atoms with Crippen molar-refractivity contribution in [1.29, 1.82) is 0 Å². The van der Waals surface area contributed by atoms with Gasteiger partial charge < -0.3 is 19.6 Å². The third-order valence-electron chi connectivity index (χ3n) is 5.26. The van der Waals surface area contributed by atoms with Gasteiger partial charge in [0.2, 0.25) is 5.89 Å². The molecule has 31 heavy (non-hydrogen) atoms. The topological polar surface area (TPSA) is 73.8 Å². The lowest BCUT2D eigenvalue weighted by atomic mass is 10.1. The van der Waals surface area contributed by atoms with Crippen LogP contribution >= 0.6 is 24.8 Å². The van der Waals surface area contributed by atoms with Crippen molar-refractivity contribution in [2.45, 2.75) is 0 Å². The number of nitrogens with two attached hydrogens (primary N) is 1. The molecule has 1 aliphatic rings. The third-order valence-corrected chi connectivity index (χ3v) is 5.26. The van der Waals surface area contributed by atoms with Gasteiger partial charge >= 0.3 is 0 Å². The summed E-state index contributed by atoms with van der Waals surface area (Å²) < 4.78 is 17.7. The smallest absolute Gasteiger partial charge is 0.231 e. The van der Waals surface area contributed by atoms with Crippen molar-refractivity contribution >= 4 is 52.4 Å². The van der Waals surface area contributed by atoms with Crippen molar-refractivity contribution in [3.05, 3.63) is 54.6 Å². The molecule has 0 bridgehead atoms. The minimum absolute atomic E-state index is 0. The van der Waals surface area contributed by atoms with E-state index in [0.717, 1.165) is 60.5 Å². The number of fused-ring (bicyclic) bond motifs is 2. The number of benzene rings is 3. The summed E-state index contributed by atoms with van der Waals surface area (Å²) in [5.41, 5.74) is 8.84. The molecule has 1 aliphatic heterocycles. The largest absolute Gasteiger partial charge is 0.491 e. The zero-order chi connectivity index (χ0) is 19.6. The number of aromatic nitrogens is 1. The highest BCUT2D eigenvalue weighted by Gasteiger charge is 2.16. The van der Waals surface area contributed by atoms with E-state index in [1.807, 2.05) is 24.3 Å². The van der Waals surface area contributed by atoms with Gasteiger partial charge in [-0.05, 0) is 35.0 Å². The fraction of sp³-hybridized carbons (Fsp3) is 0.261. The first kappa shape index (κ1) is 23.2. The molecule has 0 unspecified atom stereocenters. The van der Waals surface area contributed by atoms with Crippen LogP contribution in [0.4, 0.5) is 5.69 Å². The second-order valence-corrected chi connectivity index (χ2v) is 7.24. The van der Waals surface area contributed by atoms with Crippen molar-refractivity contribution in [2.24, 2.45) is 0 Å². The summed E-state index contributed by atoms with van der Waals surface area (Å²) in [7, 11) is 0. The maximum atomic E-state index is 6.21. The predicted molar refractivity (Wildman–Crippen MR) is 129 cm³/mol. The number of morpholine rings is 1. The van der Waals surface area contributed by atoms with E-state index >= 15 is 0 Å². The number of halogens is 2. The average Bonchev–Trinajstić information content (AvgIpc) is 3.17. The van der Waals surface area contributed by atoms with Gasteiger partial charge in [0.05, 0.1) is 18.8 Å². The van der Waals surface area contributed by atoms with Crippen LogP contribution in [-0.4, -0.2) is 49.3 Å². The van der Waals surface area contributed by atoms with Gasteiger partial charge in [-0.1, -0.05) is 24.3 Å². The van der Waals surface area contributed by atoms with Gasteiger partial charge in [0.15, 0.2) is 5.58 Å². The van der Waals surface area contributed by atoms with E-state index in [4.69, 9.17) is 19.6 Å². The Morgan fingerprint density at radius 3 is 2.48 bits per heavy atom. The lowest BCUT2D eigenvalue weighted by Gasteiger charge is -2.26. The average molecular weight is 462 g/mol. The maximum Gasteiger partial charge on any atom is 0.231 e. The molecule has 3 aromatic carbocycles. The molecule has 0 amide bonds. The van der Waals surface area contributed by atoms with Crippen LogP contribution in [0.3, 0.4) is 0 Å². The lowest BCUT2D eigenvalue weighted by molar-refractivity contribution is 0.0323. The van der Waals surface area contributed by atoms with E-state index in [1.165, 1.54) is 0 Å². The lowest BCUT2D eigenvalue weighted by Crippen LogP contribution is -2.38. The van der Waals surface area contributed by atoms with E-state index < -0.39 is 0 Å². The summed E-state index contributed by atoms with van der Waals surface area (Å²) in [5.74, 6) is 1.31. The van der Waals surface area contributed by atoms with Crippen LogP contribution in [0.25, 0.3) is 33.3 Å². The monoisotopic (exact) mass is 461 g/mol. The maximum absolute atomic E-state index is 6.21. The molecule has 1 aromatic heterocycles. The van der Waals surface area contributed by atoms with Crippen LogP contribution in [0.15, 0.2) is 59.0 Å². The van der Waals surface area contributed by atoms with Gasteiger partial charge in [-0.15, -0.1) is 24.8 Å². The minimum atomic E-state index is 0. The quantitative estimate of drug-likeness (QED) is 0.430. The number of nitrogen functional groups attached to an aromatic ring is 1. The molecule has 0 aliphatic carbocycles. The van der Waals surface area contributed by atoms with Crippen molar-refractivity contribution in [1.82, 2.24) is 9.88 Å². The molecule has 0 spiro atoms. The highest BCUT2D eigenvalue weighted by Crippen LogP contribution is 2.35. The molecule has 164 valence electrons. The van der Waals surface area contributed by atoms with Gasteiger partial charge in [-0.25, -0.2) is 4.98 Å². The molecule has 4 aromatic rings. The molecule has 0 radical (unpaired) electrons. The number of oxazole rings is 1. The van der Waals surface area contributed by atoms with E-state index in [2.05, 4.69) is 34.1 Å². The van der Waals surface area contributed by atoms with Crippen LogP contribution in [0.5, 0.6) is 5.75 Å². The summed E-state index contributed by atoms with van der Waals surface area (Å²) >= 11 is 0. The van der Waals surface area contributed by atoms with E-state index in [-0.39, 0.29) is 24.8 Å². The fourth-order valence-electron chi connectivity index (χ4n) is 3.67. The van der Waals surface area contributed by atoms with Crippen molar-refractivity contribution in [2.75, 3.05) is 45.2 Å². The first-order valence-corrected chi connectivity index (χ1v) is 9.88. The molecular formula is C23H25Cl2N3O3. The molecule has 0 atom stereocenters. The Hall–Kier alpha value is -2.51. The summed E-state index contributed by atoms with van der Waals surface area (Å²) in [4.78, 5) is 7.01. The number of ether oxygens (including phenoxy) is 2. The van der Waals surface area contributed by atoms with Gasteiger partial charge in [-0.3, -0.25) is 4.90 Å². The standard InChI is InChI=1S/C23H23N3O3.2ClH/c24-18-5-6-20-22(15-18)29-23(25-20)19-13-16-3-1-2-4-17(16)14-21(19)28-12-9-26-7-10-27-11-8-26;;/h1-6,13-15H,7-12,24H2;2*1H. The van der Waals surface area contributed by atoms with Crippen LogP contribution in [0, 0.1) is 0 Å². The number of hydrogen-bond donors (Lipinski definition) is 1.